The lowest BCUT2D eigenvalue weighted by Gasteiger charge is -2.10. The highest BCUT2D eigenvalue weighted by Crippen LogP contribution is 2.18. The van der Waals surface area contributed by atoms with E-state index in [1.807, 2.05) is 30.8 Å². The summed E-state index contributed by atoms with van der Waals surface area (Å²) in [7, 11) is 0. The zero-order valence-corrected chi connectivity index (χ0v) is 12.0. The molecule has 0 amide bonds. The SMILES string of the molecule is CCOC(=O)c1nnn(CCn2cccn2)c1C(C)C. The molecule has 0 unspecified atom stereocenters. The number of aromatic nitrogens is 5. The van der Waals surface area contributed by atoms with Gasteiger partial charge in [0.1, 0.15) is 0 Å². The molecular formula is C13H19N5O2. The molecule has 0 saturated heterocycles. The third-order valence-electron chi connectivity index (χ3n) is 2.89. The zero-order chi connectivity index (χ0) is 14.5. The fraction of sp³-hybridized carbons (Fsp3) is 0.538. The number of esters is 1. The molecule has 7 heteroatoms. The minimum Gasteiger partial charge on any atom is -0.461 e. The van der Waals surface area contributed by atoms with Crippen LogP contribution in [-0.4, -0.2) is 37.4 Å². The van der Waals surface area contributed by atoms with Crippen LogP contribution in [0.4, 0.5) is 0 Å². The van der Waals surface area contributed by atoms with Crippen LogP contribution in [0.15, 0.2) is 18.5 Å². The molecule has 0 aliphatic heterocycles. The second-order valence-electron chi connectivity index (χ2n) is 4.69. The normalized spacial score (nSPS) is 11.0. The highest BCUT2D eigenvalue weighted by Gasteiger charge is 2.22. The predicted molar refractivity (Wildman–Crippen MR) is 72.3 cm³/mol. The second-order valence-corrected chi connectivity index (χ2v) is 4.69. The van der Waals surface area contributed by atoms with Crippen molar-refractivity contribution < 1.29 is 9.53 Å². The highest BCUT2D eigenvalue weighted by molar-refractivity contribution is 5.88. The van der Waals surface area contributed by atoms with Gasteiger partial charge in [-0.2, -0.15) is 5.10 Å². The number of rotatable bonds is 6. The summed E-state index contributed by atoms with van der Waals surface area (Å²) in [4.78, 5) is 11.9. The van der Waals surface area contributed by atoms with Gasteiger partial charge < -0.3 is 4.74 Å². The van der Waals surface area contributed by atoms with Crippen LogP contribution in [0.1, 0.15) is 42.9 Å². The van der Waals surface area contributed by atoms with E-state index in [1.165, 1.54) is 0 Å². The summed E-state index contributed by atoms with van der Waals surface area (Å²) in [5.74, 6) is -0.274. The summed E-state index contributed by atoms with van der Waals surface area (Å²) >= 11 is 0. The fourth-order valence-corrected chi connectivity index (χ4v) is 2.03. The number of carbonyl (C=O) groups is 1. The van der Waals surface area contributed by atoms with Gasteiger partial charge in [-0.25, -0.2) is 9.48 Å². The molecule has 2 aromatic heterocycles. The molecule has 0 aromatic carbocycles. The first kappa shape index (κ1) is 14.2. The van der Waals surface area contributed by atoms with Gasteiger partial charge in [0.05, 0.1) is 25.4 Å². The minimum absolute atomic E-state index is 0.141. The lowest BCUT2D eigenvalue weighted by atomic mass is 10.1. The van der Waals surface area contributed by atoms with Gasteiger partial charge in [0, 0.05) is 12.4 Å². The first-order valence-electron chi connectivity index (χ1n) is 6.71. The van der Waals surface area contributed by atoms with E-state index in [0.29, 0.717) is 25.4 Å². The van der Waals surface area contributed by atoms with Crippen molar-refractivity contribution in [1.82, 2.24) is 24.8 Å². The molecule has 2 heterocycles. The van der Waals surface area contributed by atoms with Crippen molar-refractivity contribution in [1.29, 1.82) is 0 Å². The average molecular weight is 277 g/mol. The van der Waals surface area contributed by atoms with Crippen molar-refractivity contribution in [3.63, 3.8) is 0 Å². The summed E-state index contributed by atoms with van der Waals surface area (Å²) < 4.78 is 8.57. The standard InChI is InChI=1S/C13H19N5O2/c1-4-20-13(19)11-12(10(2)3)18(16-15-11)9-8-17-7-5-6-14-17/h5-7,10H,4,8-9H2,1-3H3. The van der Waals surface area contributed by atoms with Crippen LogP contribution in [0.2, 0.25) is 0 Å². The summed E-state index contributed by atoms with van der Waals surface area (Å²) in [6.45, 7) is 7.41. The number of hydrogen-bond acceptors (Lipinski definition) is 5. The molecule has 0 radical (unpaired) electrons. The van der Waals surface area contributed by atoms with Gasteiger partial charge in [0.2, 0.25) is 0 Å². The molecule has 2 rings (SSSR count). The Morgan fingerprint density at radius 2 is 2.20 bits per heavy atom. The second kappa shape index (κ2) is 6.31. The lowest BCUT2D eigenvalue weighted by Crippen LogP contribution is -2.15. The van der Waals surface area contributed by atoms with E-state index in [2.05, 4.69) is 15.4 Å². The van der Waals surface area contributed by atoms with E-state index >= 15 is 0 Å². The van der Waals surface area contributed by atoms with Crippen LogP contribution in [0.3, 0.4) is 0 Å². The molecule has 0 bridgehead atoms. The Hall–Kier alpha value is -2.18. The molecule has 2 aromatic rings. The number of carbonyl (C=O) groups excluding carboxylic acids is 1. The topological polar surface area (TPSA) is 74.8 Å². The number of ether oxygens (including phenoxy) is 1. The third-order valence-corrected chi connectivity index (χ3v) is 2.89. The van der Waals surface area contributed by atoms with Gasteiger partial charge in [-0.1, -0.05) is 19.1 Å². The maximum atomic E-state index is 11.9. The summed E-state index contributed by atoms with van der Waals surface area (Å²) in [5.41, 5.74) is 1.11. The van der Waals surface area contributed by atoms with Gasteiger partial charge in [-0.3, -0.25) is 4.68 Å². The average Bonchev–Trinajstić information content (AvgIpc) is 3.05. The maximum absolute atomic E-state index is 11.9. The Kier molecular flexibility index (Phi) is 4.49. The van der Waals surface area contributed by atoms with E-state index in [9.17, 15) is 4.79 Å². The van der Waals surface area contributed by atoms with Crippen LogP contribution >= 0.6 is 0 Å². The van der Waals surface area contributed by atoms with Crippen molar-refractivity contribution in [3.05, 3.63) is 29.8 Å². The van der Waals surface area contributed by atoms with Crippen LogP contribution in [0.5, 0.6) is 0 Å². The van der Waals surface area contributed by atoms with E-state index < -0.39 is 5.97 Å². The Labute approximate surface area is 117 Å². The molecule has 0 aliphatic carbocycles. The smallest absolute Gasteiger partial charge is 0.360 e. The molecular weight excluding hydrogens is 258 g/mol. The summed E-state index contributed by atoms with van der Waals surface area (Å²) in [6, 6.07) is 1.87. The quantitative estimate of drug-likeness (QED) is 0.747. The van der Waals surface area contributed by atoms with Crippen molar-refractivity contribution in [2.45, 2.75) is 39.8 Å². The predicted octanol–water partition coefficient (Wildman–Crippen LogP) is 1.47. The van der Waals surface area contributed by atoms with Gasteiger partial charge in [-0.05, 0) is 18.9 Å². The van der Waals surface area contributed by atoms with Crippen molar-refractivity contribution in [3.8, 4) is 0 Å². The van der Waals surface area contributed by atoms with Crippen LogP contribution in [0.25, 0.3) is 0 Å². The Balaban J connectivity index is 2.18. The largest absolute Gasteiger partial charge is 0.461 e. The molecule has 0 spiro atoms. The Bertz CT molecular complexity index is 559. The van der Waals surface area contributed by atoms with E-state index in [1.54, 1.807) is 17.8 Å². The van der Waals surface area contributed by atoms with Crippen molar-refractivity contribution in [2.75, 3.05) is 6.61 Å². The molecule has 0 aliphatic rings. The fourth-order valence-electron chi connectivity index (χ4n) is 2.03. The summed E-state index contributed by atoms with van der Waals surface area (Å²) in [5, 5.41) is 12.2. The van der Waals surface area contributed by atoms with Crippen LogP contribution in [-0.2, 0) is 17.8 Å². The summed E-state index contributed by atoms with van der Waals surface area (Å²) in [6.07, 6.45) is 3.62. The first-order chi connectivity index (χ1) is 9.63. The first-order valence-corrected chi connectivity index (χ1v) is 6.71. The number of aryl methyl sites for hydroxylation is 2. The van der Waals surface area contributed by atoms with Crippen molar-refractivity contribution in [2.24, 2.45) is 0 Å². The van der Waals surface area contributed by atoms with Crippen LogP contribution < -0.4 is 0 Å². The van der Waals surface area contributed by atoms with Gasteiger partial charge in [0.15, 0.2) is 5.69 Å². The number of hydrogen-bond donors (Lipinski definition) is 0. The molecule has 108 valence electrons. The van der Waals surface area contributed by atoms with Gasteiger partial charge >= 0.3 is 5.97 Å². The van der Waals surface area contributed by atoms with Crippen LogP contribution in [0, 0.1) is 0 Å². The number of nitrogens with zero attached hydrogens (tertiary/aromatic N) is 5. The van der Waals surface area contributed by atoms with E-state index in [0.717, 1.165) is 5.69 Å². The maximum Gasteiger partial charge on any atom is 0.360 e. The van der Waals surface area contributed by atoms with E-state index in [-0.39, 0.29) is 5.92 Å². The monoisotopic (exact) mass is 277 g/mol. The van der Waals surface area contributed by atoms with Gasteiger partial charge in [0.25, 0.3) is 0 Å². The molecule has 0 saturated carbocycles. The Morgan fingerprint density at radius 1 is 1.40 bits per heavy atom. The highest BCUT2D eigenvalue weighted by atomic mass is 16.5. The Morgan fingerprint density at radius 3 is 2.80 bits per heavy atom. The molecule has 20 heavy (non-hydrogen) atoms. The lowest BCUT2D eigenvalue weighted by molar-refractivity contribution is 0.0517. The minimum atomic E-state index is -0.415. The molecule has 0 fully saturated rings. The van der Waals surface area contributed by atoms with E-state index in [4.69, 9.17) is 4.74 Å². The third kappa shape index (κ3) is 3.04. The van der Waals surface area contributed by atoms with Crippen molar-refractivity contribution >= 4 is 5.97 Å². The molecule has 0 atom stereocenters. The van der Waals surface area contributed by atoms with Gasteiger partial charge in [-0.15, -0.1) is 5.10 Å². The molecule has 7 nitrogen and oxygen atoms in total. The molecule has 0 N–H and O–H groups in total. The zero-order valence-electron chi connectivity index (χ0n) is 12.0.